The molecule has 0 fully saturated rings. The standard InChI is InChI=1S/C12H13F2N3O/c1-7(12(18)17(2)3)16-11-9(13)4-8(6-15)5-10(11)14/h4-5,7,16H,1-3H3/t7-/m0/s1. The van der Waals surface area contributed by atoms with Crippen LogP contribution in [-0.2, 0) is 4.79 Å². The van der Waals surface area contributed by atoms with Crippen LogP contribution < -0.4 is 5.32 Å². The second kappa shape index (κ2) is 5.45. The zero-order valence-electron chi connectivity index (χ0n) is 10.3. The molecule has 1 N–H and O–H groups in total. The second-order valence-corrected chi connectivity index (χ2v) is 4.03. The number of nitriles is 1. The summed E-state index contributed by atoms with van der Waals surface area (Å²) < 4.78 is 27.1. The molecule has 96 valence electrons. The Morgan fingerprint density at radius 3 is 2.28 bits per heavy atom. The van der Waals surface area contributed by atoms with Gasteiger partial charge in [-0.1, -0.05) is 0 Å². The predicted molar refractivity (Wildman–Crippen MR) is 62.9 cm³/mol. The summed E-state index contributed by atoms with van der Waals surface area (Å²) in [5.74, 6) is -2.10. The number of benzene rings is 1. The molecule has 1 aromatic carbocycles. The maximum atomic E-state index is 13.5. The van der Waals surface area contributed by atoms with Crippen molar-refractivity contribution in [2.45, 2.75) is 13.0 Å². The van der Waals surface area contributed by atoms with E-state index < -0.39 is 23.4 Å². The van der Waals surface area contributed by atoms with Crippen molar-refractivity contribution in [2.24, 2.45) is 0 Å². The molecular weight excluding hydrogens is 240 g/mol. The largest absolute Gasteiger partial charge is 0.369 e. The van der Waals surface area contributed by atoms with Gasteiger partial charge in [0.25, 0.3) is 0 Å². The Hall–Kier alpha value is -2.16. The summed E-state index contributed by atoms with van der Waals surface area (Å²) in [6.07, 6.45) is 0. The normalized spacial score (nSPS) is 11.6. The molecule has 0 aromatic heterocycles. The van der Waals surface area contributed by atoms with Crippen LogP contribution in [0.4, 0.5) is 14.5 Å². The molecular formula is C12H13F2N3O. The van der Waals surface area contributed by atoms with Crippen LogP contribution in [0.1, 0.15) is 12.5 Å². The lowest BCUT2D eigenvalue weighted by atomic mass is 10.2. The number of carbonyl (C=O) groups excluding carboxylic acids is 1. The summed E-state index contributed by atoms with van der Waals surface area (Å²) in [7, 11) is 3.10. The van der Waals surface area contributed by atoms with E-state index in [1.54, 1.807) is 20.2 Å². The van der Waals surface area contributed by atoms with Crippen molar-refractivity contribution in [1.82, 2.24) is 4.90 Å². The molecule has 0 saturated carbocycles. The molecule has 1 atom stereocenters. The predicted octanol–water partition coefficient (Wildman–Crippen LogP) is 1.73. The van der Waals surface area contributed by atoms with Crippen LogP contribution in [0.2, 0.25) is 0 Å². The molecule has 0 heterocycles. The number of carbonyl (C=O) groups is 1. The molecule has 1 rings (SSSR count). The van der Waals surface area contributed by atoms with Gasteiger partial charge in [0.2, 0.25) is 5.91 Å². The van der Waals surface area contributed by atoms with Gasteiger partial charge in [0, 0.05) is 14.1 Å². The molecule has 1 amide bonds. The molecule has 0 aliphatic heterocycles. The maximum Gasteiger partial charge on any atom is 0.244 e. The topological polar surface area (TPSA) is 56.1 Å². The summed E-state index contributed by atoms with van der Waals surface area (Å²) in [6.45, 7) is 1.50. The van der Waals surface area contributed by atoms with Crippen molar-refractivity contribution in [3.63, 3.8) is 0 Å². The number of halogens is 2. The second-order valence-electron chi connectivity index (χ2n) is 4.03. The fourth-order valence-corrected chi connectivity index (χ4v) is 1.44. The van der Waals surface area contributed by atoms with E-state index in [1.165, 1.54) is 11.8 Å². The molecule has 4 nitrogen and oxygen atoms in total. The Morgan fingerprint density at radius 2 is 1.89 bits per heavy atom. The quantitative estimate of drug-likeness (QED) is 0.892. The van der Waals surface area contributed by atoms with Crippen molar-refractivity contribution in [3.8, 4) is 6.07 Å². The zero-order valence-corrected chi connectivity index (χ0v) is 10.3. The minimum Gasteiger partial charge on any atom is -0.369 e. The van der Waals surface area contributed by atoms with E-state index in [0.29, 0.717) is 0 Å². The van der Waals surface area contributed by atoms with E-state index >= 15 is 0 Å². The van der Waals surface area contributed by atoms with Gasteiger partial charge < -0.3 is 10.2 Å². The molecule has 0 bridgehead atoms. The lowest BCUT2D eigenvalue weighted by molar-refractivity contribution is -0.129. The van der Waals surface area contributed by atoms with E-state index in [-0.39, 0.29) is 11.5 Å². The average Bonchev–Trinajstić information content (AvgIpc) is 2.31. The van der Waals surface area contributed by atoms with Crippen LogP contribution in [0.5, 0.6) is 0 Å². The highest BCUT2D eigenvalue weighted by Gasteiger charge is 2.19. The van der Waals surface area contributed by atoms with Crippen LogP contribution in [0, 0.1) is 23.0 Å². The Labute approximate surface area is 104 Å². The molecule has 18 heavy (non-hydrogen) atoms. The van der Waals surface area contributed by atoms with Gasteiger partial charge in [-0.05, 0) is 19.1 Å². The van der Waals surface area contributed by atoms with Gasteiger partial charge in [0.15, 0.2) is 11.6 Å². The molecule has 6 heteroatoms. The van der Waals surface area contributed by atoms with Gasteiger partial charge in [-0.15, -0.1) is 0 Å². The molecule has 0 aliphatic rings. The van der Waals surface area contributed by atoms with E-state index in [0.717, 1.165) is 12.1 Å². The van der Waals surface area contributed by atoms with E-state index in [2.05, 4.69) is 5.32 Å². The number of anilines is 1. The summed E-state index contributed by atoms with van der Waals surface area (Å²) in [5.41, 5.74) is -0.515. The van der Waals surface area contributed by atoms with Gasteiger partial charge in [-0.2, -0.15) is 5.26 Å². The minimum atomic E-state index is -0.898. The molecule has 0 radical (unpaired) electrons. The molecule has 0 saturated heterocycles. The van der Waals surface area contributed by atoms with Crippen LogP contribution in [0.3, 0.4) is 0 Å². The minimum absolute atomic E-state index is 0.109. The number of nitrogens with zero attached hydrogens (tertiary/aromatic N) is 2. The van der Waals surface area contributed by atoms with Crippen molar-refractivity contribution in [3.05, 3.63) is 29.3 Å². The molecule has 0 aliphatic carbocycles. The fraction of sp³-hybridized carbons (Fsp3) is 0.333. The van der Waals surface area contributed by atoms with Gasteiger partial charge in [-0.25, -0.2) is 8.78 Å². The third-order valence-electron chi connectivity index (χ3n) is 2.34. The van der Waals surface area contributed by atoms with Crippen molar-refractivity contribution in [1.29, 1.82) is 5.26 Å². The third-order valence-corrected chi connectivity index (χ3v) is 2.34. The third kappa shape index (κ3) is 2.94. The summed E-state index contributed by atoms with van der Waals surface area (Å²) in [6, 6.07) is 2.71. The van der Waals surface area contributed by atoms with Crippen LogP contribution in [-0.4, -0.2) is 30.9 Å². The Balaban J connectivity index is 2.99. The zero-order chi connectivity index (χ0) is 13.9. The average molecular weight is 253 g/mol. The Morgan fingerprint density at radius 1 is 1.39 bits per heavy atom. The highest BCUT2D eigenvalue weighted by molar-refractivity contribution is 5.83. The number of likely N-dealkylation sites (N-methyl/N-ethyl adjacent to an activating group) is 1. The van der Waals surface area contributed by atoms with Gasteiger partial charge in [0.1, 0.15) is 11.7 Å². The number of amides is 1. The highest BCUT2D eigenvalue weighted by Crippen LogP contribution is 2.21. The lowest BCUT2D eigenvalue weighted by Crippen LogP contribution is -2.37. The summed E-state index contributed by atoms with van der Waals surface area (Å²) >= 11 is 0. The molecule has 1 aromatic rings. The van der Waals surface area contributed by atoms with E-state index in [9.17, 15) is 13.6 Å². The number of rotatable bonds is 3. The fourth-order valence-electron chi connectivity index (χ4n) is 1.44. The first-order valence-electron chi connectivity index (χ1n) is 5.23. The first-order valence-corrected chi connectivity index (χ1v) is 5.23. The smallest absolute Gasteiger partial charge is 0.244 e. The lowest BCUT2D eigenvalue weighted by Gasteiger charge is -2.19. The summed E-state index contributed by atoms with van der Waals surface area (Å²) in [5, 5.41) is 11.0. The summed E-state index contributed by atoms with van der Waals surface area (Å²) in [4.78, 5) is 12.9. The Kier molecular flexibility index (Phi) is 4.21. The van der Waals surface area contributed by atoms with Crippen LogP contribution >= 0.6 is 0 Å². The first kappa shape index (κ1) is 13.9. The monoisotopic (exact) mass is 253 g/mol. The molecule has 0 spiro atoms. The van der Waals surface area contributed by atoms with Gasteiger partial charge in [0.05, 0.1) is 11.6 Å². The Bertz CT molecular complexity index is 486. The van der Waals surface area contributed by atoms with E-state index in [4.69, 9.17) is 5.26 Å². The van der Waals surface area contributed by atoms with Crippen LogP contribution in [0.15, 0.2) is 12.1 Å². The van der Waals surface area contributed by atoms with Crippen molar-refractivity contribution >= 4 is 11.6 Å². The molecule has 0 unspecified atom stereocenters. The van der Waals surface area contributed by atoms with Gasteiger partial charge >= 0.3 is 0 Å². The SMILES string of the molecule is C[C@H](Nc1c(F)cc(C#N)cc1F)C(=O)N(C)C. The van der Waals surface area contributed by atoms with Crippen molar-refractivity contribution < 1.29 is 13.6 Å². The maximum absolute atomic E-state index is 13.5. The van der Waals surface area contributed by atoms with E-state index in [1.807, 2.05) is 0 Å². The van der Waals surface area contributed by atoms with Crippen molar-refractivity contribution in [2.75, 3.05) is 19.4 Å². The van der Waals surface area contributed by atoms with Crippen LogP contribution in [0.25, 0.3) is 0 Å². The first-order chi connectivity index (χ1) is 8.36. The van der Waals surface area contributed by atoms with Gasteiger partial charge in [-0.3, -0.25) is 4.79 Å². The number of nitrogens with one attached hydrogen (secondary N) is 1. The highest BCUT2D eigenvalue weighted by atomic mass is 19.1. The number of hydrogen-bond acceptors (Lipinski definition) is 3. The number of hydrogen-bond donors (Lipinski definition) is 1.